The summed E-state index contributed by atoms with van der Waals surface area (Å²) in [6.45, 7) is 12.6. The van der Waals surface area contributed by atoms with Crippen LogP contribution in [-0.2, 0) is 0 Å². The first-order valence-electron chi connectivity index (χ1n) is 13.0. The number of hydrogen-bond donors (Lipinski definition) is 0. The third-order valence-corrected chi connectivity index (χ3v) is 10.4. The van der Waals surface area contributed by atoms with E-state index in [1.807, 2.05) is 5.57 Å². The van der Waals surface area contributed by atoms with Gasteiger partial charge < -0.3 is 0 Å². The molecule has 28 heavy (non-hydrogen) atoms. The second-order valence-electron chi connectivity index (χ2n) is 12.5. The first-order chi connectivity index (χ1) is 13.3. The summed E-state index contributed by atoms with van der Waals surface area (Å²) in [6, 6.07) is 0. The molecule has 0 aliphatic heterocycles. The minimum atomic E-state index is 0.561. The van der Waals surface area contributed by atoms with Crippen LogP contribution in [-0.4, -0.2) is 0 Å². The molecular weight excluding hydrogens is 336 g/mol. The molecule has 3 saturated carbocycles. The molecule has 0 amide bonds. The van der Waals surface area contributed by atoms with Crippen molar-refractivity contribution in [2.75, 3.05) is 0 Å². The Kier molecular flexibility index (Phi) is 6.08. The van der Waals surface area contributed by atoms with Crippen LogP contribution in [0.4, 0.5) is 0 Å². The zero-order valence-electron chi connectivity index (χ0n) is 19.7. The van der Waals surface area contributed by atoms with Crippen molar-refractivity contribution in [3.05, 3.63) is 11.6 Å². The summed E-state index contributed by atoms with van der Waals surface area (Å²) < 4.78 is 0. The van der Waals surface area contributed by atoms with Crippen molar-refractivity contribution < 1.29 is 0 Å². The summed E-state index contributed by atoms with van der Waals surface area (Å²) in [7, 11) is 0. The zero-order valence-corrected chi connectivity index (χ0v) is 19.7. The zero-order chi connectivity index (χ0) is 19.9. The topological polar surface area (TPSA) is 0 Å². The van der Waals surface area contributed by atoms with Crippen molar-refractivity contribution in [1.82, 2.24) is 0 Å². The van der Waals surface area contributed by atoms with Crippen LogP contribution in [0.1, 0.15) is 118 Å². The summed E-state index contributed by atoms with van der Waals surface area (Å²) in [5.41, 5.74) is 3.10. The molecule has 0 heteroatoms. The van der Waals surface area contributed by atoms with Gasteiger partial charge in [0.25, 0.3) is 0 Å². The molecule has 0 aromatic rings. The largest absolute Gasteiger partial charge is 0.0845 e. The Bertz CT molecular complexity index is 571. The molecule has 3 fully saturated rings. The lowest BCUT2D eigenvalue weighted by atomic mass is 9.47. The number of hydrogen-bond acceptors (Lipinski definition) is 0. The standard InChI is InChI=1S/C28H48/c1-20(2)9-7-6-8-10-22-12-14-25-24-13-11-23-19-21(3)15-17-28(23,5)26(24)16-18-27(22,25)4/h11,20-22,24-26H,6-10,12-19H2,1-5H3/t21-,22-,24?,25?,26?,27+,28-/m0/s1. The molecule has 7 atom stereocenters. The second kappa shape index (κ2) is 8.11. The summed E-state index contributed by atoms with van der Waals surface area (Å²) >= 11 is 0. The Morgan fingerprint density at radius 2 is 1.79 bits per heavy atom. The van der Waals surface area contributed by atoms with E-state index in [1.165, 1.54) is 70.6 Å². The molecule has 0 heterocycles. The van der Waals surface area contributed by atoms with E-state index in [0.717, 1.165) is 35.5 Å². The fraction of sp³-hybridized carbons (Fsp3) is 0.929. The number of fused-ring (bicyclic) bond motifs is 5. The lowest BCUT2D eigenvalue weighted by Gasteiger charge is -2.58. The van der Waals surface area contributed by atoms with Crippen molar-refractivity contribution in [2.24, 2.45) is 46.3 Å². The Morgan fingerprint density at radius 1 is 0.964 bits per heavy atom. The van der Waals surface area contributed by atoms with Gasteiger partial charge in [-0.25, -0.2) is 0 Å². The fourth-order valence-corrected chi connectivity index (χ4v) is 8.55. The number of allylic oxidation sites excluding steroid dienone is 2. The first-order valence-corrected chi connectivity index (χ1v) is 13.0. The van der Waals surface area contributed by atoms with Gasteiger partial charge in [0.15, 0.2) is 0 Å². The minimum absolute atomic E-state index is 0.561. The van der Waals surface area contributed by atoms with Gasteiger partial charge in [0.05, 0.1) is 0 Å². The Labute approximate surface area is 176 Å². The third kappa shape index (κ3) is 3.65. The molecule has 0 N–H and O–H groups in total. The highest BCUT2D eigenvalue weighted by atomic mass is 14.6. The highest BCUT2D eigenvalue weighted by Gasteiger charge is 2.58. The molecule has 160 valence electrons. The molecule has 3 unspecified atom stereocenters. The van der Waals surface area contributed by atoms with Crippen molar-refractivity contribution in [3.63, 3.8) is 0 Å². The number of rotatable bonds is 6. The van der Waals surface area contributed by atoms with Gasteiger partial charge in [-0.15, -0.1) is 0 Å². The normalized spacial score (nSPS) is 45.4. The van der Waals surface area contributed by atoms with Gasteiger partial charge in [0.2, 0.25) is 0 Å². The van der Waals surface area contributed by atoms with Crippen molar-refractivity contribution in [2.45, 2.75) is 118 Å². The monoisotopic (exact) mass is 384 g/mol. The van der Waals surface area contributed by atoms with Crippen LogP contribution in [0.3, 0.4) is 0 Å². The van der Waals surface area contributed by atoms with Gasteiger partial charge in [-0.1, -0.05) is 72.0 Å². The summed E-state index contributed by atoms with van der Waals surface area (Å²) in [5.74, 6) is 5.88. The van der Waals surface area contributed by atoms with Crippen molar-refractivity contribution in [1.29, 1.82) is 0 Å². The van der Waals surface area contributed by atoms with Gasteiger partial charge in [-0.3, -0.25) is 0 Å². The molecule has 4 aliphatic carbocycles. The third-order valence-electron chi connectivity index (χ3n) is 10.4. The lowest BCUT2D eigenvalue weighted by Crippen LogP contribution is -2.49. The van der Waals surface area contributed by atoms with Crippen LogP contribution in [0.2, 0.25) is 0 Å². The van der Waals surface area contributed by atoms with Crippen LogP contribution in [0.15, 0.2) is 11.6 Å². The predicted molar refractivity (Wildman–Crippen MR) is 122 cm³/mol. The van der Waals surface area contributed by atoms with Crippen LogP contribution in [0, 0.1) is 46.3 Å². The molecule has 0 aromatic carbocycles. The Morgan fingerprint density at radius 3 is 2.57 bits per heavy atom. The average Bonchev–Trinajstić information content (AvgIpc) is 2.98. The summed E-state index contributed by atoms with van der Waals surface area (Å²) in [4.78, 5) is 0. The lowest BCUT2D eigenvalue weighted by molar-refractivity contribution is -0.0450. The van der Waals surface area contributed by atoms with Crippen LogP contribution >= 0.6 is 0 Å². The van der Waals surface area contributed by atoms with E-state index in [2.05, 4.69) is 40.7 Å². The predicted octanol–water partition coefficient (Wildman–Crippen LogP) is 8.81. The SMILES string of the molecule is CC(C)CCCCC[C@H]1CCC2C3CC=C4C[C@@H](C)CC[C@]4(C)C3CC[C@@]21C. The van der Waals surface area contributed by atoms with E-state index < -0.39 is 0 Å². The second-order valence-corrected chi connectivity index (χ2v) is 12.5. The molecule has 0 aromatic heterocycles. The summed E-state index contributed by atoms with van der Waals surface area (Å²) in [5, 5.41) is 0. The molecule has 4 aliphatic rings. The maximum absolute atomic E-state index is 2.75. The summed E-state index contributed by atoms with van der Waals surface area (Å²) in [6.07, 6.45) is 22.1. The Hall–Kier alpha value is -0.260. The van der Waals surface area contributed by atoms with E-state index in [9.17, 15) is 0 Å². The molecule has 4 rings (SSSR count). The van der Waals surface area contributed by atoms with Crippen molar-refractivity contribution in [3.8, 4) is 0 Å². The van der Waals surface area contributed by atoms with Crippen LogP contribution in [0.5, 0.6) is 0 Å². The van der Waals surface area contributed by atoms with Gasteiger partial charge >= 0.3 is 0 Å². The average molecular weight is 385 g/mol. The van der Waals surface area contributed by atoms with Crippen LogP contribution in [0.25, 0.3) is 0 Å². The van der Waals surface area contributed by atoms with E-state index in [4.69, 9.17) is 0 Å². The van der Waals surface area contributed by atoms with E-state index in [0.29, 0.717) is 10.8 Å². The van der Waals surface area contributed by atoms with Gasteiger partial charge in [-0.2, -0.15) is 0 Å². The van der Waals surface area contributed by atoms with Gasteiger partial charge in [0, 0.05) is 0 Å². The quantitative estimate of drug-likeness (QED) is 0.317. The fourth-order valence-electron chi connectivity index (χ4n) is 8.55. The molecular formula is C28H48. The molecule has 0 radical (unpaired) electrons. The minimum Gasteiger partial charge on any atom is -0.0845 e. The first kappa shape index (κ1) is 21.0. The van der Waals surface area contributed by atoms with E-state index in [-0.39, 0.29) is 0 Å². The van der Waals surface area contributed by atoms with E-state index in [1.54, 1.807) is 12.8 Å². The molecule has 0 bridgehead atoms. The Balaban J connectivity index is 1.41. The maximum atomic E-state index is 2.75. The van der Waals surface area contributed by atoms with Crippen LogP contribution < -0.4 is 0 Å². The molecule has 0 nitrogen and oxygen atoms in total. The highest BCUT2D eigenvalue weighted by molar-refractivity contribution is 5.24. The van der Waals surface area contributed by atoms with E-state index >= 15 is 0 Å². The molecule has 0 saturated heterocycles. The molecule has 0 spiro atoms. The van der Waals surface area contributed by atoms with Gasteiger partial charge in [-0.05, 0) is 104 Å². The maximum Gasteiger partial charge on any atom is -0.00851 e. The van der Waals surface area contributed by atoms with Crippen molar-refractivity contribution >= 4 is 0 Å². The van der Waals surface area contributed by atoms with Gasteiger partial charge in [0.1, 0.15) is 0 Å². The number of unbranched alkanes of at least 4 members (excludes halogenated alkanes) is 2. The smallest absolute Gasteiger partial charge is 0.00851 e. The highest BCUT2D eigenvalue weighted by Crippen LogP contribution is 2.67.